The number of nitrogens with two attached hydrogens (primary N) is 1. The minimum absolute atomic E-state index is 0.202. The molecular weight excluding hydrogens is 255 g/mol. The summed E-state index contributed by atoms with van der Waals surface area (Å²) in [6.45, 7) is 0.525. The van der Waals surface area contributed by atoms with Gasteiger partial charge in [0.2, 0.25) is 0 Å². The Kier molecular flexibility index (Phi) is 6.25. The third kappa shape index (κ3) is 5.58. The van der Waals surface area contributed by atoms with Crippen LogP contribution >= 0.6 is 11.6 Å². The van der Waals surface area contributed by atoms with Crippen LogP contribution in [-0.4, -0.2) is 25.5 Å². The molecule has 0 aliphatic rings. The van der Waals surface area contributed by atoms with E-state index < -0.39 is 0 Å². The van der Waals surface area contributed by atoms with Gasteiger partial charge in [-0.2, -0.15) is 0 Å². The maximum atomic E-state index is 13.1. The van der Waals surface area contributed by atoms with Gasteiger partial charge in [0.05, 0.1) is 6.61 Å². The highest BCUT2D eigenvalue weighted by atomic mass is 35.5. The first kappa shape index (κ1) is 15.1. The fraction of sp³-hybridized carbons (Fsp3) is 0.462. The van der Waals surface area contributed by atoms with Crippen LogP contribution in [0.3, 0.4) is 0 Å². The van der Waals surface area contributed by atoms with Gasteiger partial charge in [-0.25, -0.2) is 4.39 Å². The predicted molar refractivity (Wildman–Crippen MR) is 71.9 cm³/mol. The Morgan fingerprint density at radius 3 is 2.83 bits per heavy atom. The van der Waals surface area contributed by atoms with Crippen molar-refractivity contribution in [3.05, 3.63) is 34.6 Å². The van der Waals surface area contributed by atoms with Crippen molar-refractivity contribution in [2.24, 2.45) is 5.73 Å². The summed E-state index contributed by atoms with van der Waals surface area (Å²) in [7, 11) is 1.60. The van der Waals surface area contributed by atoms with Crippen molar-refractivity contribution in [2.45, 2.75) is 25.3 Å². The van der Waals surface area contributed by atoms with Crippen molar-refractivity contribution in [3.63, 3.8) is 0 Å². The molecule has 3 N–H and O–H groups in total. The number of hydrogen-bond donors (Lipinski definition) is 2. The van der Waals surface area contributed by atoms with Crippen LogP contribution in [0.25, 0.3) is 0 Å². The normalized spacial score (nSPS) is 12.4. The molecular formula is C13H18ClFN2O. The van der Waals surface area contributed by atoms with Crippen molar-refractivity contribution in [3.8, 4) is 0 Å². The van der Waals surface area contributed by atoms with Crippen molar-refractivity contribution in [2.75, 3.05) is 13.7 Å². The summed E-state index contributed by atoms with van der Waals surface area (Å²) in [5.74, 6) is -0.362. The zero-order chi connectivity index (χ0) is 13.5. The average molecular weight is 273 g/mol. The molecule has 1 aromatic rings. The number of nitrogens with one attached hydrogen (secondary N) is 1. The van der Waals surface area contributed by atoms with Crippen LogP contribution in [0.15, 0.2) is 18.2 Å². The average Bonchev–Trinajstić information content (AvgIpc) is 2.24. The Hall–Kier alpha value is -0.970. The fourth-order valence-corrected chi connectivity index (χ4v) is 1.99. The van der Waals surface area contributed by atoms with E-state index in [1.807, 2.05) is 0 Å². The Morgan fingerprint density at radius 1 is 1.50 bits per heavy atom. The molecule has 0 heterocycles. The molecule has 100 valence electrons. The molecule has 0 spiro atoms. The van der Waals surface area contributed by atoms with Crippen molar-refractivity contribution in [1.29, 1.82) is 5.41 Å². The molecule has 1 unspecified atom stereocenters. The molecule has 5 heteroatoms. The first-order valence-electron chi connectivity index (χ1n) is 5.77. The van der Waals surface area contributed by atoms with Gasteiger partial charge >= 0.3 is 0 Å². The van der Waals surface area contributed by atoms with Crippen LogP contribution < -0.4 is 5.73 Å². The summed E-state index contributed by atoms with van der Waals surface area (Å²) < 4.78 is 18.0. The summed E-state index contributed by atoms with van der Waals surface area (Å²) in [6, 6.07) is 4.18. The van der Waals surface area contributed by atoms with Gasteiger partial charge in [0.1, 0.15) is 5.82 Å². The molecule has 18 heavy (non-hydrogen) atoms. The van der Waals surface area contributed by atoms with E-state index in [0.29, 0.717) is 36.6 Å². The third-order valence-corrected chi connectivity index (χ3v) is 2.76. The Labute approximate surface area is 112 Å². The minimum atomic E-state index is -0.362. The summed E-state index contributed by atoms with van der Waals surface area (Å²) >= 11 is 5.77. The zero-order valence-corrected chi connectivity index (χ0v) is 11.1. The van der Waals surface area contributed by atoms with Crippen LogP contribution in [0.1, 0.15) is 18.4 Å². The molecule has 0 bridgehead atoms. The van der Waals surface area contributed by atoms with E-state index in [2.05, 4.69) is 0 Å². The van der Waals surface area contributed by atoms with Gasteiger partial charge in [0, 0.05) is 36.7 Å². The predicted octanol–water partition coefficient (Wildman–Crippen LogP) is 2.80. The summed E-state index contributed by atoms with van der Waals surface area (Å²) in [6.07, 6.45) is 1.57. The molecule has 0 saturated heterocycles. The van der Waals surface area contributed by atoms with Crippen molar-refractivity contribution in [1.82, 2.24) is 0 Å². The largest absolute Gasteiger partial charge is 0.384 e. The lowest BCUT2D eigenvalue weighted by atomic mass is 10.0. The standard InChI is InChI=1S/C13H18ClFN2O/c1-18-3-2-12(16)8-13(17)6-9-4-10(14)7-11(15)5-9/h4-5,7,13,16H,2-3,6,8,17H2,1H3. The lowest BCUT2D eigenvalue weighted by Crippen LogP contribution is -2.26. The van der Waals surface area contributed by atoms with E-state index in [0.717, 1.165) is 5.56 Å². The first-order valence-corrected chi connectivity index (χ1v) is 6.15. The lowest BCUT2D eigenvalue weighted by Gasteiger charge is -2.12. The van der Waals surface area contributed by atoms with E-state index in [-0.39, 0.29) is 11.9 Å². The number of halogens is 2. The van der Waals surface area contributed by atoms with Gasteiger partial charge < -0.3 is 15.9 Å². The number of ether oxygens (including phenoxy) is 1. The highest BCUT2D eigenvalue weighted by Crippen LogP contribution is 2.16. The van der Waals surface area contributed by atoms with E-state index in [1.165, 1.54) is 12.1 Å². The number of benzene rings is 1. The maximum Gasteiger partial charge on any atom is 0.124 e. The van der Waals surface area contributed by atoms with Crippen molar-refractivity contribution < 1.29 is 9.13 Å². The first-order chi connectivity index (χ1) is 8.51. The Bertz CT molecular complexity index is 392. The monoisotopic (exact) mass is 272 g/mol. The third-order valence-electron chi connectivity index (χ3n) is 2.54. The van der Waals surface area contributed by atoms with Crippen molar-refractivity contribution >= 4 is 17.3 Å². The van der Waals surface area contributed by atoms with Crippen LogP contribution in [0.2, 0.25) is 5.02 Å². The van der Waals surface area contributed by atoms with Crippen LogP contribution in [-0.2, 0) is 11.2 Å². The molecule has 1 rings (SSSR count). The SMILES string of the molecule is COCCC(=N)CC(N)Cc1cc(F)cc(Cl)c1. The molecule has 0 saturated carbocycles. The van der Waals surface area contributed by atoms with E-state index in [1.54, 1.807) is 13.2 Å². The summed E-state index contributed by atoms with van der Waals surface area (Å²) in [5, 5.41) is 8.08. The molecule has 0 fully saturated rings. The van der Waals surface area contributed by atoms with Crippen LogP contribution in [0, 0.1) is 11.2 Å². The molecule has 0 aromatic heterocycles. The summed E-state index contributed by atoms with van der Waals surface area (Å²) in [4.78, 5) is 0. The van der Waals surface area contributed by atoms with Crippen LogP contribution in [0.4, 0.5) is 4.39 Å². The molecule has 0 radical (unpaired) electrons. The Balaban J connectivity index is 2.48. The van der Waals surface area contributed by atoms with Gasteiger partial charge in [0.15, 0.2) is 0 Å². The lowest BCUT2D eigenvalue weighted by molar-refractivity contribution is 0.207. The molecule has 1 atom stereocenters. The van der Waals surface area contributed by atoms with E-state index in [4.69, 9.17) is 27.5 Å². The number of hydrogen-bond acceptors (Lipinski definition) is 3. The number of methoxy groups -OCH3 is 1. The Morgan fingerprint density at radius 2 is 2.22 bits per heavy atom. The van der Waals surface area contributed by atoms with Gasteiger partial charge in [-0.15, -0.1) is 0 Å². The van der Waals surface area contributed by atoms with Gasteiger partial charge in [-0.1, -0.05) is 11.6 Å². The van der Waals surface area contributed by atoms with Gasteiger partial charge in [-0.3, -0.25) is 0 Å². The smallest absolute Gasteiger partial charge is 0.124 e. The second-order valence-electron chi connectivity index (χ2n) is 4.29. The minimum Gasteiger partial charge on any atom is -0.384 e. The quantitative estimate of drug-likeness (QED) is 0.750. The van der Waals surface area contributed by atoms with E-state index in [9.17, 15) is 4.39 Å². The highest BCUT2D eigenvalue weighted by molar-refractivity contribution is 6.30. The molecule has 1 aromatic carbocycles. The highest BCUT2D eigenvalue weighted by Gasteiger charge is 2.09. The molecule has 3 nitrogen and oxygen atoms in total. The number of rotatable bonds is 7. The maximum absolute atomic E-state index is 13.1. The second kappa shape index (κ2) is 7.46. The zero-order valence-electron chi connectivity index (χ0n) is 10.4. The van der Waals surface area contributed by atoms with E-state index >= 15 is 0 Å². The molecule has 0 aliphatic carbocycles. The molecule has 0 amide bonds. The van der Waals surface area contributed by atoms with Crippen LogP contribution in [0.5, 0.6) is 0 Å². The van der Waals surface area contributed by atoms with Gasteiger partial charge in [-0.05, 0) is 30.2 Å². The summed E-state index contributed by atoms with van der Waals surface area (Å²) in [5.41, 5.74) is 7.24. The topological polar surface area (TPSA) is 59.1 Å². The fourth-order valence-electron chi connectivity index (χ4n) is 1.75. The van der Waals surface area contributed by atoms with Gasteiger partial charge in [0.25, 0.3) is 0 Å². The molecule has 0 aliphatic heterocycles. The second-order valence-corrected chi connectivity index (χ2v) is 4.73.